The van der Waals surface area contributed by atoms with Crippen molar-refractivity contribution in [1.82, 2.24) is 4.98 Å². The first-order chi connectivity index (χ1) is 10.7. The molecule has 22 heavy (non-hydrogen) atoms. The van der Waals surface area contributed by atoms with Crippen LogP contribution in [0.5, 0.6) is 17.2 Å². The molecule has 0 saturated carbocycles. The molecule has 0 aliphatic heterocycles. The van der Waals surface area contributed by atoms with Crippen molar-refractivity contribution < 1.29 is 14.2 Å². The number of nitrogens with zero attached hydrogens (tertiary/aromatic N) is 2. The number of hydrogen-bond acceptors (Lipinski definition) is 6. The Hall–Kier alpha value is -2.94. The molecule has 0 aliphatic rings. The fourth-order valence-corrected chi connectivity index (χ4v) is 1.99. The van der Waals surface area contributed by atoms with E-state index in [2.05, 4.69) is 10.3 Å². The minimum Gasteiger partial charge on any atom is -0.493 e. The van der Waals surface area contributed by atoms with Crippen LogP contribution in [0.1, 0.15) is 11.1 Å². The zero-order valence-electron chi connectivity index (χ0n) is 12.7. The van der Waals surface area contributed by atoms with Crippen LogP contribution in [0.25, 0.3) is 0 Å². The average molecular weight is 299 g/mol. The van der Waals surface area contributed by atoms with Crippen molar-refractivity contribution in [2.75, 3.05) is 26.6 Å². The zero-order chi connectivity index (χ0) is 15.9. The van der Waals surface area contributed by atoms with Crippen LogP contribution in [0.4, 0.5) is 5.82 Å². The maximum atomic E-state index is 8.75. The van der Waals surface area contributed by atoms with Gasteiger partial charge in [-0.25, -0.2) is 4.98 Å². The average Bonchev–Trinajstić information content (AvgIpc) is 2.59. The Kier molecular flexibility index (Phi) is 5.04. The predicted octanol–water partition coefficient (Wildman–Crippen LogP) is 2.59. The number of nitrogens with one attached hydrogen (secondary N) is 1. The van der Waals surface area contributed by atoms with Crippen molar-refractivity contribution in [2.45, 2.75) is 6.54 Å². The maximum absolute atomic E-state index is 8.75. The van der Waals surface area contributed by atoms with E-state index in [1.165, 1.54) is 6.20 Å². The summed E-state index contributed by atoms with van der Waals surface area (Å²) in [5, 5.41) is 11.9. The molecule has 1 aromatic carbocycles. The first kappa shape index (κ1) is 15.4. The van der Waals surface area contributed by atoms with E-state index in [1.54, 1.807) is 33.5 Å². The number of methoxy groups -OCH3 is 3. The van der Waals surface area contributed by atoms with Crippen LogP contribution >= 0.6 is 0 Å². The van der Waals surface area contributed by atoms with Gasteiger partial charge in [0, 0.05) is 12.7 Å². The van der Waals surface area contributed by atoms with Gasteiger partial charge in [-0.2, -0.15) is 5.26 Å². The van der Waals surface area contributed by atoms with Gasteiger partial charge in [0.2, 0.25) is 5.75 Å². The summed E-state index contributed by atoms with van der Waals surface area (Å²) >= 11 is 0. The molecule has 0 saturated heterocycles. The highest BCUT2D eigenvalue weighted by atomic mass is 16.5. The lowest BCUT2D eigenvalue weighted by Gasteiger charge is -2.14. The summed E-state index contributed by atoms with van der Waals surface area (Å²) in [6.45, 7) is 0.537. The molecule has 2 aromatic rings. The van der Waals surface area contributed by atoms with E-state index < -0.39 is 0 Å². The van der Waals surface area contributed by atoms with Crippen LogP contribution in [0.3, 0.4) is 0 Å². The molecule has 0 fully saturated rings. The molecule has 114 valence electrons. The van der Waals surface area contributed by atoms with E-state index in [1.807, 2.05) is 18.2 Å². The molecule has 2 rings (SSSR count). The highest BCUT2D eigenvalue weighted by molar-refractivity contribution is 5.54. The number of nitriles is 1. The molecule has 6 heteroatoms. The molecule has 0 amide bonds. The second-order valence-corrected chi connectivity index (χ2v) is 4.43. The molecule has 6 nitrogen and oxygen atoms in total. The van der Waals surface area contributed by atoms with Gasteiger partial charge in [0.1, 0.15) is 11.9 Å². The van der Waals surface area contributed by atoms with Crippen molar-refractivity contribution in [3.8, 4) is 23.3 Å². The third kappa shape index (κ3) is 3.38. The summed E-state index contributed by atoms with van der Waals surface area (Å²) in [6, 6.07) is 9.25. The second-order valence-electron chi connectivity index (χ2n) is 4.43. The topological polar surface area (TPSA) is 76.4 Å². The lowest BCUT2D eigenvalue weighted by Crippen LogP contribution is -2.03. The summed E-state index contributed by atoms with van der Waals surface area (Å²) in [4.78, 5) is 4.16. The van der Waals surface area contributed by atoms with Gasteiger partial charge < -0.3 is 19.5 Å². The Balaban J connectivity index is 2.16. The lowest BCUT2D eigenvalue weighted by atomic mass is 10.1. The Morgan fingerprint density at radius 3 is 2.23 bits per heavy atom. The highest BCUT2D eigenvalue weighted by Gasteiger charge is 2.13. The fourth-order valence-electron chi connectivity index (χ4n) is 1.99. The van der Waals surface area contributed by atoms with Crippen LogP contribution in [0, 0.1) is 11.3 Å². The number of anilines is 1. The van der Waals surface area contributed by atoms with Gasteiger partial charge in [-0.1, -0.05) is 0 Å². The molecule has 0 bridgehead atoms. The minimum absolute atomic E-state index is 0.526. The standard InChI is InChI=1S/C16H17N3O3/c1-20-13-6-12(7-14(21-2)16(13)22-3)10-19-15-5-4-11(8-17)9-18-15/h4-7,9H,10H2,1-3H3,(H,18,19). The first-order valence-corrected chi connectivity index (χ1v) is 6.60. The van der Waals surface area contributed by atoms with Crippen LogP contribution in [-0.2, 0) is 6.54 Å². The zero-order valence-corrected chi connectivity index (χ0v) is 12.7. The SMILES string of the molecule is COc1cc(CNc2ccc(C#N)cn2)cc(OC)c1OC. The van der Waals surface area contributed by atoms with Gasteiger partial charge in [0.15, 0.2) is 11.5 Å². The Morgan fingerprint density at radius 2 is 1.77 bits per heavy atom. The van der Waals surface area contributed by atoms with E-state index in [0.717, 1.165) is 5.56 Å². The third-order valence-electron chi connectivity index (χ3n) is 3.09. The van der Waals surface area contributed by atoms with Crippen LogP contribution in [0.2, 0.25) is 0 Å². The maximum Gasteiger partial charge on any atom is 0.203 e. The molecule has 0 aliphatic carbocycles. The molecule has 0 atom stereocenters. The largest absolute Gasteiger partial charge is 0.493 e. The van der Waals surface area contributed by atoms with Gasteiger partial charge in [0.05, 0.1) is 26.9 Å². The number of pyridine rings is 1. The van der Waals surface area contributed by atoms with E-state index >= 15 is 0 Å². The number of ether oxygens (including phenoxy) is 3. The Labute approximate surface area is 129 Å². The number of benzene rings is 1. The molecule has 1 aromatic heterocycles. The van der Waals surface area contributed by atoms with Crippen LogP contribution < -0.4 is 19.5 Å². The van der Waals surface area contributed by atoms with Crippen molar-refractivity contribution in [3.05, 3.63) is 41.6 Å². The predicted molar refractivity (Wildman–Crippen MR) is 82.4 cm³/mol. The normalized spacial score (nSPS) is 9.73. The van der Waals surface area contributed by atoms with Gasteiger partial charge >= 0.3 is 0 Å². The van der Waals surface area contributed by atoms with Crippen LogP contribution in [0.15, 0.2) is 30.5 Å². The number of aromatic nitrogens is 1. The van der Waals surface area contributed by atoms with E-state index in [4.69, 9.17) is 19.5 Å². The van der Waals surface area contributed by atoms with Crippen LogP contribution in [-0.4, -0.2) is 26.3 Å². The van der Waals surface area contributed by atoms with Crippen molar-refractivity contribution in [2.24, 2.45) is 0 Å². The van der Waals surface area contributed by atoms with Gasteiger partial charge in [-0.05, 0) is 29.8 Å². The molecule has 1 heterocycles. The van der Waals surface area contributed by atoms with Crippen molar-refractivity contribution in [3.63, 3.8) is 0 Å². The van der Waals surface area contributed by atoms with Gasteiger partial charge in [-0.15, -0.1) is 0 Å². The second kappa shape index (κ2) is 7.18. The highest BCUT2D eigenvalue weighted by Crippen LogP contribution is 2.38. The molecular weight excluding hydrogens is 282 g/mol. The van der Waals surface area contributed by atoms with E-state index in [0.29, 0.717) is 35.2 Å². The molecule has 1 N–H and O–H groups in total. The van der Waals surface area contributed by atoms with Crippen molar-refractivity contribution in [1.29, 1.82) is 5.26 Å². The molecule has 0 unspecified atom stereocenters. The van der Waals surface area contributed by atoms with Gasteiger partial charge in [0.25, 0.3) is 0 Å². The van der Waals surface area contributed by atoms with E-state index in [9.17, 15) is 0 Å². The first-order valence-electron chi connectivity index (χ1n) is 6.60. The summed E-state index contributed by atoms with van der Waals surface area (Å²) in [5.41, 5.74) is 1.49. The Bertz CT molecular complexity index is 653. The summed E-state index contributed by atoms with van der Waals surface area (Å²) in [6.07, 6.45) is 1.53. The fraction of sp³-hybridized carbons (Fsp3) is 0.250. The third-order valence-corrected chi connectivity index (χ3v) is 3.09. The smallest absolute Gasteiger partial charge is 0.203 e. The Morgan fingerprint density at radius 1 is 1.09 bits per heavy atom. The quantitative estimate of drug-likeness (QED) is 0.883. The minimum atomic E-state index is 0.526. The molecular formula is C16H17N3O3. The van der Waals surface area contributed by atoms with Crippen molar-refractivity contribution >= 4 is 5.82 Å². The number of rotatable bonds is 6. The van der Waals surface area contributed by atoms with E-state index in [-0.39, 0.29) is 0 Å². The summed E-state index contributed by atoms with van der Waals surface area (Å²) in [5.74, 6) is 2.45. The molecule has 0 radical (unpaired) electrons. The monoisotopic (exact) mass is 299 g/mol. The number of hydrogen-bond donors (Lipinski definition) is 1. The van der Waals surface area contributed by atoms with Gasteiger partial charge in [-0.3, -0.25) is 0 Å². The lowest BCUT2D eigenvalue weighted by molar-refractivity contribution is 0.324. The summed E-state index contributed by atoms with van der Waals surface area (Å²) < 4.78 is 15.9. The summed E-state index contributed by atoms with van der Waals surface area (Å²) in [7, 11) is 4.73. The molecule has 0 spiro atoms.